The molecule has 1 aliphatic heterocycles. The van der Waals surface area contributed by atoms with Gasteiger partial charge in [-0.1, -0.05) is 28.1 Å². The van der Waals surface area contributed by atoms with Gasteiger partial charge in [0.1, 0.15) is 6.54 Å². The van der Waals surface area contributed by atoms with Gasteiger partial charge in [-0.05, 0) is 24.6 Å². The number of aliphatic hydroxyl groups excluding tert-OH is 1. The third-order valence-corrected chi connectivity index (χ3v) is 3.72. The van der Waals surface area contributed by atoms with Crippen molar-refractivity contribution in [1.82, 2.24) is 4.90 Å². The third kappa shape index (κ3) is 2.82. The molecule has 1 atom stereocenters. The number of halogens is 1. The molecule has 6 nitrogen and oxygen atoms in total. The number of nitrogens with two attached hydrogens (primary N) is 1. The van der Waals surface area contributed by atoms with Gasteiger partial charge in [-0.25, -0.2) is 0 Å². The van der Waals surface area contributed by atoms with Crippen molar-refractivity contribution in [2.24, 2.45) is 5.73 Å². The number of carbonyl (C=O) groups excluding carboxylic acids is 3. The molecule has 1 heterocycles. The topological polar surface area (TPSA) is 101 Å². The summed E-state index contributed by atoms with van der Waals surface area (Å²) in [6.07, 6.45) is 0. The van der Waals surface area contributed by atoms with Gasteiger partial charge in [0.2, 0.25) is 5.91 Å². The standard InChI is InChI=1S/C14H13BrN2O4/c1-7(18)11-12(8-2-4-9(15)5-3-8)17(6-10(16)19)14(21)13(11)20/h2-5,12,20H,6H2,1H3,(H2,16,19)/t12-/m0/s1. The molecule has 0 unspecified atom stereocenters. The molecule has 7 heteroatoms. The molecule has 0 aliphatic carbocycles. The first-order chi connectivity index (χ1) is 9.82. The molecule has 3 N–H and O–H groups in total. The van der Waals surface area contributed by atoms with Crippen molar-refractivity contribution in [3.8, 4) is 0 Å². The Hall–Kier alpha value is -2.15. The van der Waals surface area contributed by atoms with E-state index >= 15 is 0 Å². The van der Waals surface area contributed by atoms with Crippen molar-refractivity contribution >= 4 is 33.5 Å². The van der Waals surface area contributed by atoms with Crippen molar-refractivity contribution < 1.29 is 19.5 Å². The van der Waals surface area contributed by atoms with Crippen LogP contribution in [0.2, 0.25) is 0 Å². The number of aliphatic hydroxyl groups is 1. The van der Waals surface area contributed by atoms with Crippen LogP contribution in [0, 0.1) is 0 Å². The number of nitrogens with zero attached hydrogens (tertiary/aromatic N) is 1. The minimum Gasteiger partial charge on any atom is -0.503 e. The van der Waals surface area contributed by atoms with Crippen molar-refractivity contribution in [3.63, 3.8) is 0 Å². The molecule has 2 amide bonds. The molecule has 0 bridgehead atoms. The number of hydrogen-bond donors (Lipinski definition) is 2. The Morgan fingerprint density at radius 2 is 1.90 bits per heavy atom. The van der Waals surface area contributed by atoms with Crippen molar-refractivity contribution in [3.05, 3.63) is 45.6 Å². The molecule has 110 valence electrons. The molecule has 2 rings (SSSR count). The molecule has 1 aliphatic rings. The fourth-order valence-electron chi connectivity index (χ4n) is 2.34. The second kappa shape index (κ2) is 5.69. The zero-order valence-electron chi connectivity index (χ0n) is 11.2. The van der Waals surface area contributed by atoms with E-state index < -0.39 is 29.4 Å². The molecule has 0 fully saturated rings. The Labute approximate surface area is 129 Å². The summed E-state index contributed by atoms with van der Waals surface area (Å²) in [6, 6.07) is 6.09. The minimum absolute atomic E-state index is 0.0245. The number of hydrogen-bond acceptors (Lipinski definition) is 4. The summed E-state index contributed by atoms with van der Waals surface area (Å²) in [7, 11) is 0. The van der Waals surface area contributed by atoms with Crippen molar-refractivity contribution in [2.75, 3.05) is 6.54 Å². The van der Waals surface area contributed by atoms with E-state index in [-0.39, 0.29) is 12.1 Å². The predicted molar refractivity (Wildman–Crippen MR) is 78.1 cm³/mol. The van der Waals surface area contributed by atoms with Crippen LogP contribution in [-0.2, 0) is 14.4 Å². The smallest absolute Gasteiger partial charge is 0.290 e. The van der Waals surface area contributed by atoms with Crippen LogP contribution in [0.3, 0.4) is 0 Å². The Kier molecular flexibility index (Phi) is 4.13. The Bertz CT molecular complexity index is 651. The average molecular weight is 353 g/mol. The second-order valence-electron chi connectivity index (χ2n) is 4.67. The van der Waals surface area contributed by atoms with E-state index in [9.17, 15) is 19.5 Å². The Morgan fingerprint density at radius 3 is 2.38 bits per heavy atom. The van der Waals surface area contributed by atoms with Gasteiger partial charge in [0.25, 0.3) is 5.91 Å². The number of primary amides is 1. The normalized spacial score (nSPS) is 18.3. The van der Waals surface area contributed by atoms with Gasteiger partial charge in [0.15, 0.2) is 11.5 Å². The van der Waals surface area contributed by atoms with Gasteiger partial charge in [0.05, 0.1) is 11.6 Å². The Morgan fingerprint density at radius 1 is 1.33 bits per heavy atom. The summed E-state index contributed by atoms with van der Waals surface area (Å²) >= 11 is 3.29. The second-order valence-corrected chi connectivity index (χ2v) is 5.59. The van der Waals surface area contributed by atoms with E-state index in [4.69, 9.17) is 5.73 Å². The van der Waals surface area contributed by atoms with Crippen LogP contribution < -0.4 is 5.73 Å². The molecule has 1 aromatic carbocycles. The van der Waals surface area contributed by atoms with E-state index in [1.807, 2.05) is 0 Å². The number of Topliss-reactive ketones (excluding diaryl/α,β-unsaturated/α-hetero) is 1. The maximum atomic E-state index is 12.1. The quantitative estimate of drug-likeness (QED) is 0.850. The summed E-state index contributed by atoms with van der Waals surface area (Å²) in [4.78, 5) is 36.1. The highest BCUT2D eigenvalue weighted by Gasteiger charge is 2.42. The van der Waals surface area contributed by atoms with E-state index in [1.165, 1.54) is 6.92 Å². The van der Waals surface area contributed by atoms with Crippen molar-refractivity contribution in [1.29, 1.82) is 0 Å². The van der Waals surface area contributed by atoms with Gasteiger partial charge in [-0.2, -0.15) is 0 Å². The summed E-state index contributed by atoms with van der Waals surface area (Å²) in [5, 5.41) is 9.90. The lowest BCUT2D eigenvalue weighted by atomic mass is 9.97. The molecular formula is C14H13BrN2O4. The van der Waals surface area contributed by atoms with Crippen LogP contribution in [0.25, 0.3) is 0 Å². The maximum absolute atomic E-state index is 12.1. The van der Waals surface area contributed by atoms with E-state index in [1.54, 1.807) is 24.3 Å². The largest absolute Gasteiger partial charge is 0.503 e. The van der Waals surface area contributed by atoms with Gasteiger partial charge >= 0.3 is 0 Å². The number of benzene rings is 1. The number of amides is 2. The summed E-state index contributed by atoms with van der Waals surface area (Å²) in [5.41, 5.74) is 5.73. The summed E-state index contributed by atoms with van der Waals surface area (Å²) in [6.45, 7) is 0.888. The molecule has 0 radical (unpaired) electrons. The van der Waals surface area contributed by atoms with Gasteiger partial charge in [0, 0.05) is 4.47 Å². The van der Waals surface area contributed by atoms with Gasteiger partial charge in [-0.3, -0.25) is 14.4 Å². The monoisotopic (exact) mass is 352 g/mol. The highest BCUT2D eigenvalue weighted by atomic mass is 79.9. The highest BCUT2D eigenvalue weighted by Crippen LogP contribution is 2.37. The van der Waals surface area contributed by atoms with Crippen LogP contribution in [0.15, 0.2) is 40.1 Å². The predicted octanol–water partition coefficient (Wildman–Crippen LogP) is 1.22. The zero-order valence-corrected chi connectivity index (χ0v) is 12.8. The van der Waals surface area contributed by atoms with Crippen LogP contribution in [-0.4, -0.2) is 34.1 Å². The third-order valence-electron chi connectivity index (χ3n) is 3.19. The SMILES string of the molecule is CC(=O)C1=C(O)C(=O)N(CC(N)=O)[C@H]1c1ccc(Br)cc1. The summed E-state index contributed by atoms with van der Waals surface area (Å²) < 4.78 is 0.828. The molecule has 0 spiro atoms. The zero-order chi connectivity index (χ0) is 15.7. The first-order valence-corrected chi connectivity index (χ1v) is 6.91. The molecule has 0 aromatic heterocycles. The fraction of sp³-hybridized carbons (Fsp3) is 0.214. The van der Waals surface area contributed by atoms with Crippen LogP contribution in [0.1, 0.15) is 18.5 Å². The lowest BCUT2D eigenvalue weighted by Crippen LogP contribution is -2.38. The van der Waals surface area contributed by atoms with Gasteiger partial charge < -0.3 is 15.7 Å². The van der Waals surface area contributed by atoms with Crippen molar-refractivity contribution in [2.45, 2.75) is 13.0 Å². The van der Waals surface area contributed by atoms with Gasteiger partial charge in [-0.15, -0.1) is 0 Å². The Balaban J connectivity index is 2.53. The lowest BCUT2D eigenvalue weighted by Gasteiger charge is -2.25. The number of rotatable bonds is 4. The maximum Gasteiger partial charge on any atom is 0.290 e. The van der Waals surface area contributed by atoms with E-state index in [0.717, 1.165) is 9.37 Å². The minimum atomic E-state index is -0.810. The fourth-order valence-corrected chi connectivity index (χ4v) is 2.60. The molecule has 0 saturated heterocycles. The average Bonchev–Trinajstić information content (AvgIpc) is 2.64. The lowest BCUT2D eigenvalue weighted by molar-refractivity contribution is -0.133. The number of ketones is 1. The summed E-state index contributed by atoms with van der Waals surface area (Å²) in [5.74, 6) is -2.55. The van der Waals surface area contributed by atoms with Crippen LogP contribution in [0.4, 0.5) is 0 Å². The molecule has 0 saturated carbocycles. The first kappa shape index (κ1) is 15.2. The van der Waals surface area contributed by atoms with E-state index in [0.29, 0.717) is 5.56 Å². The van der Waals surface area contributed by atoms with Crippen LogP contribution in [0.5, 0.6) is 0 Å². The van der Waals surface area contributed by atoms with E-state index in [2.05, 4.69) is 15.9 Å². The van der Waals surface area contributed by atoms with Crippen LogP contribution >= 0.6 is 15.9 Å². The molecule has 1 aromatic rings. The molecule has 21 heavy (non-hydrogen) atoms. The first-order valence-electron chi connectivity index (χ1n) is 6.11. The molecular weight excluding hydrogens is 340 g/mol. The highest BCUT2D eigenvalue weighted by molar-refractivity contribution is 9.10. The number of carbonyl (C=O) groups is 3.